The Kier molecular flexibility index (Phi) is 3.70. The molecule has 0 unspecified atom stereocenters. The average molecular weight is 286 g/mol. The molecule has 18 heavy (non-hydrogen) atoms. The molecule has 0 saturated heterocycles. The Labute approximate surface area is 110 Å². The zero-order valence-corrected chi connectivity index (χ0v) is 11.1. The predicted molar refractivity (Wildman–Crippen MR) is 70.2 cm³/mol. The highest BCUT2D eigenvalue weighted by atomic mass is 35.5. The SMILES string of the molecule is C=CCCNS(=O)(=O)c1c(Cl)nc2ccccn12. The summed E-state index contributed by atoms with van der Waals surface area (Å²) in [7, 11) is -3.68. The summed E-state index contributed by atoms with van der Waals surface area (Å²) < 4.78 is 28.1. The summed E-state index contributed by atoms with van der Waals surface area (Å²) in [6, 6.07) is 5.17. The van der Waals surface area contributed by atoms with Gasteiger partial charge in [0.15, 0.2) is 10.2 Å². The molecule has 0 aliphatic carbocycles. The van der Waals surface area contributed by atoms with E-state index in [1.807, 2.05) is 0 Å². The van der Waals surface area contributed by atoms with Crippen molar-refractivity contribution in [3.63, 3.8) is 0 Å². The van der Waals surface area contributed by atoms with E-state index in [0.717, 1.165) is 0 Å². The summed E-state index contributed by atoms with van der Waals surface area (Å²) in [5.74, 6) is 0. The van der Waals surface area contributed by atoms with Crippen LogP contribution in [0.4, 0.5) is 0 Å². The molecule has 2 heterocycles. The van der Waals surface area contributed by atoms with Crippen LogP contribution in [0.1, 0.15) is 6.42 Å². The van der Waals surface area contributed by atoms with E-state index >= 15 is 0 Å². The second kappa shape index (κ2) is 5.09. The van der Waals surface area contributed by atoms with Crippen molar-refractivity contribution in [3.05, 3.63) is 42.2 Å². The maximum atomic E-state index is 12.1. The Morgan fingerprint density at radius 3 is 3.00 bits per heavy atom. The van der Waals surface area contributed by atoms with E-state index in [0.29, 0.717) is 12.1 Å². The van der Waals surface area contributed by atoms with Crippen molar-refractivity contribution in [2.24, 2.45) is 0 Å². The van der Waals surface area contributed by atoms with E-state index < -0.39 is 10.0 Å². The van der Waals surface area contributed by atoms with Crippen molar-refractivity contribution in [2.45, 2.75) is 11.4 Å². The highest BCUT2D eigenvalue weighted by Gasteiger charge is 2.23. The van der Waals surface area contributed by atoms with Crippen molar-refractivity contribution < 1.29 is 8.42 Å². The molecule has 2 rings (SSSR count). The van der Waals surface area contributed by atoms with E-state index in [1.54, 1.807) is 30.5 Å². The molecule has 0 aliphatic rings. The van der Waals surface area contributed by atoms with Crippen LogP contribution >= 0.6 is 11.6 Å². The van der Waals surface area contributed by atoms with Crippen LogP contribution in [0.3, 0.4) is 0 Å². The highest BCUT2D eigenvalue weighted by molar-refractivity contribution is 7.89. The van der Waals surface area contributed by atoms with Gasteiger partial charge in [0.1, 0.15) is 5.65 Å². The minimum Gasteiger partial charge on any atom is -0.288 e. The second-order valence-corrected chi connectivity index (χ2v) is 5.65. The van der Waals surface area contributed by atoms with Gasteiger partial charge in [0.2, 0.25) is 0 Å². The Bertz CT molecular complexity index is 679. The third-order valence-corrected chi connectivity index (χ3v) is 4.20. The number of nitrogens with one attached hydrogen (secondary N) is 1. The molecule has 5 nitrogen and oxygen atoms in total. The molecule has 0 fully saturated rings. The lowest BCUT2D eigenvalue weighted by Gasteiger charge is -2.05. The van der Waals surface area contributed by atoms with E-state index in [4.69, 9.17) is 11.6 Å². The van der Waals surface area contributed by atoms with Crippen molar-refractivity contribution in [1.29, 1.82) is 0 Å². The number of hydrogen-bond donors (Lipinski definition) is 1. The molecule has 0 aliphatic heterocycles. The minimum atomic E-state index is -3.68. The molecular formula is C11H12ClN3O2S. The molecule has 0 aromatic carbocycles. The van der Waals surface area contributed by atoms with Crippen LogP contribution in [0.25, 0.3) is 5.65 Å². The number of aromatic nitrogens is 2. The van der Waals surface area contributed by atoms with Crippen molar-refractivity contribution in [1.82, 2.24) is 14.1 Å². The van der Waals surface area contributed by atoms with Crippen molar-refractivity contribution in [3.8, 4) is 0 Å². The number of nitrogens with zero attached hydrogens (tertiary/aromatic N) is 2. The predicted octanol–water partition coefficient (Wildman–Crippen LogP) is 1.84. The van der Waals surface area contributed by atoms with E-state index in [1.165, 1.54) is 4.40 Å². The van der Waals surface area contributed by atoms with Gasteiger partial charge in [0.25, 0.3) is 10.0 Å². The third kappa shape index (κ3) is 2.40. The first-order valence-electron chi connectivity index (χ1n) is 5.29. The van der Waals surface area contributed by atoms with Gasteiger partial charge in [-0.25, -0.2) is 18.1 Å². The van der Waals surface area contributed by atoms with Gasteiger partial charge in [0.05, 0.1) is 0 Å². The minimum absolute atomic E-state index is 0.0349. The van der Waals surface area contributed by atoms with Gasteiger partial charge in [-0.3, -0.25) is 4.40 Å². The number of rotatable bonds is 5. The fraction of sp³-hybridized carbons (Fsp3) is 0.182. The summed E-state index contributed by atoms with van der Waals surface area (Å²) in [5.41, 5.74) is 0.492. The van der Waals surface area contributed by atoms with Crippen LogP contribution < -0.4 is 4.72 Å². The largest absolute Gasteiger partial charge is 0.288 e. The molecule has 0 amide bonds. The first-order chi connectivity index (χ1) is 8.56. The Morgan fingerprint density at radius 1 is 1.50 bits per heavy atom. The normalized spacial score (nSPS) is 11.8. The lowest BCUT2D eigenvalue weighted by atomic mass is 10.4. The van der Waals surface area contributed by atoms with Crippen LogP contribution in [0.15, 0.2) is 42.1 Å². The first kappa shape index (κ1) is 13.1. The van der Waals surface area contributed by atoms with Crippen LogP contribution in [0, 0.1) is 0 Å². The van der Waals surface area contributed by atoms with Gasteiger partial charge in [-0.15, -0.1) is 6.58 Å². The van der Waals surface area contributed by atoms with Gasteiger partial charge in [0, 0.05) is 12.7 Å². The Morgan fingerprint density at radius 2 is 2.28 bits per heavy atom. The topological polar surface area (TPSA) is 63.5 Å². The monoisotopic (exact) mass is 285 g/mol. The second-order valence-electron chi connectivity index (χ2n) is 3.61. The van der Waals surface area contributed by atoms with E-state index in [2.05, 4.69) is 16.3 Å². The molecular weight excluding hydrogens is 274 g/mol. The number of sulfonamides is 1. The van der Waals surface area contributed by atoms with Gasteiger partial charge in [-0.2, -0.15) is 0 Å². The number of hydrogen-bond acceptors (Lipinski definition) is 3. The number of fused-ring (bicyclic) bond motifs is 1. The smallest absolute Gasteiger partial charge is 0.259 e. The summed E-state index contributed by atoms with van der Waals surface area (Å²) in [4.78, 5) is 4.00. The zero-order valence-electron chi connectivity index (χ0n) is 9.51. The number of halogens is 1. The first-order valence-corrected chi connectivity index (χ1v) is 7.15. The van der Waals surface area contributed by atoms with Crippen LogP contribution in [-0.4, -0.2) is 24.3 Å². The summed E-state index contributed by atoms with van der Waals surface area (Å²) in [6.45, 7) is 3.81. The third-order valence-electron chi connectivity index (χ3n) is 2.34. The molecule has 7 heteroatoms. The highest BCUT2D eigenvalue weighted by Crippen LogP contribution is 2.22. The maximum Gasteiger partial charge on any atom is 0.259 e. The fourth-order valence-corrected chi connectivity index (χ4v) is 3.24. The quantitative estimate of drug-likeness (QED) is 0.673. The van der Waals surface area contributed by atoms with Crippen LogP contribution in [0.5, 0.6) is 0 Å². The average Bonchev–Trinajstić information content (AvgIpc) is 2.65. The Balaban J connectivity index is 2.46. The zero-order chi connectivity index (χ0) is 13.2. The summed E-state index contributed by atoms with van der Waals surface area (Å²) >= 11 is 5.89. The molecule has 96 valence electrons. The maximum absolute atomic E-state index is 12.1. The number of imidazole rings is 1. The van der Waals surface area contributed by atoms with Crippen molar-refractivity contribution >= 4 is 27.3 Å². The van der Waals surface area contributed by atoms with E-state index in [9.17, 15) is 8.42 Å². The van der Waals surface area contributed by atoms with Gasteiger partial charge >= 0.3 is 0 Å². The Hall–Kier alpha value is -1.37. The number of pyridine rings is 1. The summed E-state index contributed by atoms with van der Waals surface area (Å²) in [5, 5.41) is -0.0730. The standard InChI is InChI=1S/C11H12ClN3O2S/c1-2-3-7-13-18(16,17)11-10(12)14-9-6-4-5-8-15(9)11/h2,4-6,8,13H,1,3,7H2. The van der Waals surface area contributed by atoms with Crippen molar-refractivity contribution in [2.75, 3.05) is 6.54 Å². The van der Waals surface area contributed by atoms with Gasteiger partial charge in [-0.1, -0.05) is 23.7 Å². The lowest BCUT2D eigenvalue weighted by molar-refractivity contribution is 0.577. The lowest BCUT2D eigenvalue weighted by Crippen LogP contribution is -2.26. The van der Waals surface area contributed by atoms with Gasteiger partial charge < -0.3 is 0 Å². The molecule has 0 bridgehead atoms. The van der Waals surface area contributed by atoms with E-state index in [-0.39, 0.29) is 16.7 Å². The fourth-order valence-electron chi connectivity index (χ4n) is 1.55. The molecule has 0 radical (unpaired) electrons. The molecule has 0 atom stereocenters. The molecule has 2 aromatic rings. The molecule has 0 saturated carbocycles. The van der Waals surface area contributed by atoms with Crippen LogP contribution in [-0.2, 0) is 10.0 Å². The van der Waals surface area contributed by atoms with Crippen LogP contribution in [0.2, 0.25) is 5.15 Å². The summed E-state index contributed by atoms with van der Waals surface area (Å²) in [6.07, 6.45) is 3.79. The molecule has 2 aromatic heterocycles. The molecule has 1 N–H and O–H groups in total. The molecule has 0 spiro atoms. The van der Waals surface area contributed by atoms with Gasteiger partial charge in [-0.05, 0) is 18.6 Å².